The van der Waals surface area contributed by atoms with E-state index in [4.69, 9.17) is 0 Å². The molecule has 1 fully saturated rings. The molecule has 2 unspecified atom stereocenters. The van der Waals surface area contributed by atoms with Crippen LogP contribution < -0.4 is 5.32 Å². The molecule has 2 N–H and O–H groups in total. The SMILES string of the molecule is Cc1nnc(SCC2=C(C(=O)O)N3C(=O)C(NC(=O)c4ccc(F)cc4)C3SC2)s1. The van der Waals surface area contributed by atoms with Crippen LogP contribution in [-0.4, -0.2) is 60.9 Å². The van der Waals surface area contributed by atoms with Crippen LogP contribution in [0.25, 0.3) is 0 Å². The zero-order valence-corrected chi connectivity index (χ0v) is 17.9. The fourth-order valence-electron chi connectivity index (χ4n) is 3.11. The standard InChI is InChI=1S/C18H15FN4O4S3/c1-8-21-22-18(30-8)29-7-10-6-28-16-12(15(25)23(16)13(10)17(26)27)20-14(24)9-2-4-11(19)5-3-9/h2-5,12,16H,6-7H2,1H3,(H,20,24)(H,26,27). The Hall–Kier alpha value is -2.44. The lowest BCUT2D eigenvalue weighted by Gasteiger charge is -2.49. The Morgan fingerprint density at radius 2 is 2.07 bits per heavy atom. The second-order valence-corrected chi connectivity index (χ2v) is 10.0. The third-order valence-electron chi connectivity index (χ3n) is 4.52. The van der Waals surface area contributed by atoms with Crippen LogP contribution in [0.2, 0.25) is 0 Å². The number of rotatable bonds is 6. The van der Waals surface area contributed by atoms with Gasteiger partial charge in [0, 0.05) is 17.1 Å². The molecule has 2 aliphatic heterocycles. The van der Waals surface area contributed by atoms with Crippen molar-refractivity contribution in [3.63, 3.8) is 0 Å². The van der Waals surface area contributed by atoms with Crippen LogP contribution in [0.15, 0.2) is 39.9 Å². The minimum Gasteiger partial charge on any atom is -0.477 e. The van der Waals surface area contributed by atoms with Crippen molar-refractivity contribution in [2.24, 2.45) is 0 Å². The first kappa shape index (κ1) is 20.8. The van der Waals surface area contributed by atoms with Gasteiger partial charge < -0.3 is 10.4 Å². The maximum absolute atomic E-state index is 13.0. The second-order valence-electron chi connectivity index (χ2n) is 6.50. The molecule has 2 amide bonds. The Balaban J connectivity index is 1.47. The van der Waals surface area contributed by atoms with E-state index in [2.05, 4.69) is 15.5 Å². The van der Waals surface area contributed by atoms with Gasteiger partial charge in [0.15, 0.2) is 4.34 Å². The summed E-state index contributed by atoms with van der Waals surface area (Å²) in [7, 11) is 0. The van der Waals surface area contributed by atoms with Crippen molar-refractivity contribution in [1.82, 2.24) is 20.4 Å². The predicted molar refractivity (Wildman–Crippen MR) is 111 cm³/mol. The largest absolute Gasteiger partial charge is 0.477 e. The molecular weight excluding hydrogens is 451 g/mol. The van der Waals surface area contributed by atoms with Crippen molar-refractivity contribution < 1.29 is 23.9 Å². The highest BCUT2D eigenvalue weighted by atomic mass is 32.2. The maximum atomic E-state index is 13.0. The van der Waals surface area contributed by atoms with Crippen LogP contribution in [0.3, 0.4) is 0 Å². The van der Waals surface area contributed by atoms with Gasteiger partial charge in [-0.2, -0.15) is 0 Å². The number of carboxylic acid groups (broad SMARTS) is 1. The van der Waals surface area contributed by atoms with Gasteiger partial charge in [0.05, 0.1) is 0 Å². The van der Waals surface area contributed by atoms with Crippen molar-refractivity contribution in [2.45, 2.75) is 22.7 Å². The van der Waals surface area contributed by atoms with Crippen LogP contribution in [0.4, 0.5) is 4.39 Å². The van der Waals surface area contributed by atoms with E-state index in [9.17, 15) is 23.9 Å². The molecule has 1 aromatic carbocycles. The average molecular weight is 467 g/mol. The van der Waals surface area contributed by atoms with Crippen LogP contribution >= 0.6 is 34.9 Å². The fraction of sp³-hybridized carbons (Fsp3) is 0.278. The molecule has 12 heteroatoms. The number of aliphatic carboxylic acids is 1. The Kier molecular flexibility index (Phi) is 5.80. The molecule has 156 valence electrons. The zero-order valence-electron chi connectivity index (χ0n) is 15.5. The highest BCUT2D eigenvalue weighted by Crippen LogP contribution is 2.41. The van der Waals surface area contributed by atoms with E-state index in [0.29, 0.717) is 17.1 Å². The lowest BCUT2D eigenvalue weighted by Crippen LogP contribution is -2.70. The van der Waals surface area contributed by atoms with Gasteiger partial charge in [-0.3, -0.25) is 14.5 Å². The average Bonchev–Trinajstić information content (AvgIpc) is 3.15. The number of aromatic nitrogens is 2. The van der Waals surface area contributed by atoms with Gasteiger partial charge in [-0.1, -0.05) is 23.1 Å². The molecular formula is C18H15FN4O4S3. The van der Waals surface area contributed by atoms with Crippen LogP contribution in [0.1, 0.15) is 15.4 Å². The summed E-state index contributed by atoms with van der Waals surface area (Å²) in [5, 5.41) is 20.6. The number of β-lactam (4-membered cyclic amide) rings is 1. The molecule has 4 rings (SSSR count). The molecule has 1 saturated heterocycles. The Bertz CT molecular complexity index is 1060. The predicted octanol–water partition coefficient (Wildman–Crippen LogP) is 2.13. The number of hydrogen-bond donors (Lipinski definition) is 2. The summed E-state index contributed by atoms with van der Waals surface area (Å²) in [6.45, 7) is 1.84. The summed E-state index contributed by atoms with van der Waals surface area (Å²) < 4.78 is 13.8. The summed E-state index contributed by atoms with van der Waals surface area (Å²) in [4.78, 5) is 38.1. The van der Waals surface area contributed by atoms with E-state index < -0.39 is 35.0 Å². The Morgan fingerprint density at radius 3 is 2.70 bits per heavy atom. The Labute approximate surface area is 182 Å². The summed E-state index contributed by atoms with van der Waals surface area (Å²) in [6.07, 6.45) is 0. The summed E-state index contributed by atoms with van der Waals surface area (Å²) in [5.41, 5.74) is 0.810. The van der Waals surface area contributed by atoms with Crippen molar-refractivity contribution >= 4 is 52.6 Å². The van der Waals surface area contributed by atoms with Crippen molar-refractivity contribution in [3.8, 4) is 0 Å². The zero-order chi connectivity index (χ0) is 21.4. The molecule has 2 atom stereocenters. The first-order chi connectivity index (χ1) is 14.3. The molecule has 0 spiro atoms. The highest BCUT2D eigenvalue weighted by Gasteiger charge is 2.54. The van der Waals surface area contributed by atoms with Crippen LogP contribution in [-0.2, 0) is 9.59 Å². The van der Waals surface area contributed by atoms with Crippen LogP contribution in [0.5, 0.6) is 0 Å². The number of amides is 2. The van der Waals surface area contributed by atoms with E-state index in [0.717, 1.165) is 21.5 Å². The number of nitrogens with one attached hydrogen (secondary N) is 1. The first-order valence-corrected chi connectivity index (χ1v) is 11.6. The van der Waals surface area contributed by atoms with E-state index in [1.54, 1.807) is 0 Å². The summed E-state index contributed by atoms with van der Waals surface area (Å²) >= 11 is 4.20. The first-order valence-electron chi connectivity index (χ1n) is 8.74. The number of carbonyl (C=O) groups is 3. The van der Waals surface area contributed by atoms with Crippen molar-refractivity contribution in [2.75, 3.05) is 11.5 Å². The van der Waals surface area contributed by atoms with Gasteiger partial charge in [0.25, 0.3) is 11.8 Å². The molecule has 8 nitrogen and oxygen atoms in total. The molecule has 30 heavy (non-hydrogen) atoms. The number of benzene rings is 1. The van der Waals surface area contributed by atoms with Gasteiger partial charge in [-0.05, 0) is 36.8 Å². The van der Waals surface area contributed by atoms with E-state index in [1.165, 1.54) is 51.9 Å². The van der Waals surface area contributed by atoms with Gasteiger partial charge in [-0.15, -0.1) is 22.0 Å². The number of carbonyl (C=O) groups excluding carboxylic acids is 2. The van der Waals surface area contributed by atoms with E-state index in [1.807, 2.05) is 6.92 Å². The van der Waals surface area contributed by atoms with Crippen LogP contribution in [0, 0.1) is 12.7 Å². The smallest absolute Gasteiger partial charge is 0.352 e. The monoisotopic (exact) mass is 466 g/mol. The Morgan fingerprint density at radius 1 is 1.33 bits per heavy atom. The second kappa shape index (κ2) is 8.36. The fourth-order valence-corrected chi connectivity index (χ4v) is 6.41. The van der Waals surface area contributed by atoms with Gasteiger partial charge in [0.1, 0.15) is 27.9 Å². The number of thioether (sulfide) groups is 2. The number of nitrogens with zero attached hydrogens (tertiary/aromatic N) is 3. The van der Waals surface area contributed by atoms with Gasteiger partial charge in [0.2, 0.25) is 0 Å². The lowest BCUT2D eigenvalue weighted by atomic mass is 10.0. The molecule has 0 bridgehead atoms. The topological polar surface area (TPSA) is 112 Å². The number of hydrogen-bond acceptors (Lipinski definition) is 8. The number of aryl methyl sites for hydroxylation is 1. The molecule has 0 saturated carbocycles. The third-order valence-corrected chi connectivity index (χ3v) is 7.92. The summed E-state index contributed by atoms with van der Waals surface area (Å²) in [5.74, 6) is -1.83. The highest BCUT2D eigenvalue weighted by molar-refractivity contribution is 8.01. The normalized spacial score (nSPS) is 20.6. The molecule has 0 radical (unpaired) electrons. The number of fused-ring (bicyclic) bond motifs is 1. The number of halogens is 1. The quantitative estimate of drug-likeness (QED) is 0.492. The van der Waals surface area contributed by atoms with Crippen molar-refractivity contribution in [1.29, 1.82) is 0 Å². The summed E-state index contributed by atoms with van der Waals surface area (Å²) in [6, 6.07) is 4.14. The molecule has 2 aliphatic rings. The minimum absolute atomic E-state index is 0.0373. The van der Waals surface area contributed by atoms with Crippen molar-refractivity contribution in [3.05, 3.63) is 51.9 Å². The third kappa shape index (κ3) is 3.94. The molecule has 0 aliphatic carbocycles. The molecule has 1 aromatic heterocycles. The van der Waals surface area contributed by atoms with Gasteiger partial charge in [-0.25, -0.2) is 9.18 Å². The van der Waals surface area contributed by atoms with E-state index >= 15 is 0 Å². The lowest BCUT2D eigenvalue weighted by molar-refractivity contribution is -0.148. The minimum atomic E-state index is -1.18. The maximum Gasteiger partial charge on any atom is 0.352 e. The van der Waals surface area contributed by atoms with E-state index in [-0.39, 0.29) is 11.3 Å². The van der Waals surface area contributed by atoms with Gasteiger partial charge >= 0.3 is 5.97 Å². The molecule has 2 aromatic rings. The number of carboxylic acids is 1. The molecule has 3 heterocycles.